The van der Waals surface area contributed by atoms with E-state index in [1.54, 1.807) is 0 Å². The first-order chi connectivity index (χ1) is 8.63. The molecule has 1 aliphatic heterocycles. The molecule has 0 aliphatic carbocycles. The minimum absolute atomic E-state index is 0.0480. The molecule has 0 radical (unpaired) electrons. The van der Waals surface area contributed by atoms with E-state index in [9.17, 15) is 4.79 Å². The number of hydrogen-bond donors (Lipinski definition) is 1. The van der Waals surface area contributed by atoms with E-state index in [1.165, 1.54) is 0 Å². The van der Waals surface area contributed by atoms with Crippen LogP contribution in [-0.2, 0) is 0 Å². The lowest BCUT2D eigenvalue weighted by Gasteiger charge is -2.18. The van der Waals surface area contributed by atoms with Crippen molar-refractivity contribution in [3.8, 4) is 5.75 Å². The molecule has 1 amide bonds. The van der Waals surface area contributed by atoms with Crippen molar-refractivity contribution in [1.29, 1.82) is 0 Å². The largest absolute Gasteiger partial charge is 0.491 e. The Bertz CT molecular complexity index is 447. The van der Waals surface area contributed by atoms with Crippen molar-refractivity contribution < 1.29 is 9.53 Å². The maximum absolute atomic E-state index is 11.9. The second-order valence-corrected chi connectivity index (χ2v) is 5.63. The van der Waals surface area contributed by atoms with Gasteiger partial charge in [0.1, 0.15) is 12.4 Å². The Hall–Kier alpha value is -1.03. The van der Waals surface area contributed by atoms with Crippen molar-refractivity contribution in [2.75, 3.05) is 13.2 Å². The monoisotopic (exact) mass is 311 g/mol. The van der Waals surface area contributed by atoms with E-state index in [0.717, 1.165) is 12.0 Å². The van der Waals surface area contributed by atoms with Crippen LogP contribution in [0, 0.1) is 5.92 Å². The van der Waals surface area contributed by atoms with Crippen molar-refractivity contribution in [2.45, 2.75) is 25.1 Å². The fraction of sp³-hybridized carbons (Fsp3) is 0.500. The van der Waals surface area contributed by atoms with Gasteiger partial charge in [-0.2, -0.15) is 0 Å². The van der Waals surface area contributed by atoms with Gasteiger partial charge in [0.2, 0.25) is 0 Å². The predicted octanol–water partition coefficient (Wildman–Crippen LogP) is 3.29. The van der Waals surface area contributed by atoms with E-state index in [4.69, 9.17) is 4.74 Å². The summed E-state index contributed by atoms with van der Waals surface area (Å²) in [5.41, 5.74) is 1.77. The number of fused-ring (bicyclic) bond motifs is 1. The second kappa shape index (κ2) is 5.74. The fourth-order valence-electron chi connectivity index (χ4n) is 1.98. The summed E-state index contributed by atoms with van der Waals surface area (Å²) in [7, 11) is 0. The third-order valence-electron chi connectivity index (χ3n) is 3.36. The van der Waals surface area contributed by atoms with E-state index in [1.807, 2.05) is 18.2 Å². The van der Waals surface area contributed by atoms with Crippen LogP contribution < -0.4 is 10.1 Å². The van der Waals surface area contributed by atoms with Gasteiger partial charge in [-0.05, 0) is 23.6 Å². The molecular weight excluding hydrogens is 294 g/mol. The Morgan fingerprint density at radius 3 is 3.00 bits per heavy atom. The molecule has 2 unspecified atom stereocenters. The van der Waals surface area contributed by atoms with E-state index >= 15 is 0 Å². The highest BCUT2D eigenvalue weighted by molar-refractivity contribution is 9.09. The van der Waals surface area contributed by atoms with Crippen LogP contribution >= 0.6 is 15.9 Å². The molecule has 0 aromatic heterocycles. The van der Waals surface area contributed by atoms with Crippen LogP contribution in [0.15, 0.2) is 18.2 Å². The number of benzene rings is 1. The van der Waals surface area contributed by atoms with Crippen LogP contribution in [0.5, 0.6) is 5.75 Å². The number of carbonyl (C=O) groups is 1. The Balaban J connectivity index is 2.33. The summed E-state index contributed by atoms with van der Waals surface area (Å²) in [6.07, 6.45) is 1.09. The van der Waals surface area contributed by atoms with Crippen molar-refractivity contribution in [1.82, 2.24) is 5.32 Å². The maximum atomic E-state index is 11.9. The van der Waals surface area contributed by atoms with Gasteiger partial charge in [-0.1, -0.05) is 42.3 Å². The third kappa shape index (κ3) is 2.69. The minimum atomic E-state index is -0.0480. The van der Waals surface area contributed by atoms with E-state index < -0.39 is 0 Å². The minimum Gasteiger partial charge on any atom is -0.491 e. The molecule has 0 saturated carbocycles. The lowest BCUT2D eigenvalue weighted by molar-refractivity contribution is 0.0957. The Morgan fingerprint density at radius 1 is 1.50 bits per heavy atom. The van der Waals surface area contributed by atoms with Gasteiger partial charge in [0.25, 0.3) is 5.91 Å². The summed E-state index contributed by atoms with van der Waals surface area (Å²) in [6, 6.07) is 5.86. The SMILES string of the molecule is CCC(C)C(Br)c1ccc2c(c1)C(=O)NCCO2. The van der Waals surface area contributed by atoms with Gasteiger partial charge in [-0.25, -0.2) is 0 Å². The van der Waals surface area contributed by atoms with Crippen LogP contribution in [-0.4, -0.2) is 19.1 Å². The molecule has 0 saturated heterocycles. The molecule has 2 atom stereocenters. The predicted molar refractivity (Wildman–Crippen MR) is 75.4 cm³/mol. The molecule has 4 heteroatoms. The number of amides is 1. The summed E-state index contributed by atoms with van der Waals surface area (Å²) in [6.45, 7) is 5.45. The molecule has 98 valence electrons. The Kier molecular flexibility index (Phi) is 4.27. The van der Waals surface area contributed by atoms with Gasteiger partial charge in [-0.3, -0.25) is 4.79 Å². The highest BCUT2D eigenvalue weighted by atomic mass is 79.9. The number of rotatable bonds is 3. The maximum Gasteiger partial charge on any atom is 0.255 e. The number of carbonyl (C=O) groups excluding carboxylic acids is 1. The third-order valence-corrected chi connectivity index (χ3v) is 4.79. The summed E-state index contributed by atoms with van der Waals surface area (Å²) in [4.78, 5) is 12.2. The van der Waals surface area contributed by atoms with Crippen LogP contribution in [0.3, 0.4) is 0 Å². The first-order valence-corrected chi connectivity index (χ1v) is 7.24. The van der Waals surface area contributed by atoms with Gasteiger partial charge in [-0.15, -0.1) is 0 Å². The molecule has 1 aromatic rings. The summed E-state index contributed by atoms with van der Waals surface area (Å²) >= 11 is 3.71. The van der Waals surface area contributed by atoms with E-state index in [2.05, 4.69) is 35.1 Å². The van der Waals surface area contributed by atoms with Crippen molar-refractivity contribution in [3.63, 3.8) is 0 Å². The summed E-state index contributed by atoms with van der Waals surface area (Å²) in [5, 5.41) is 2.83. The Labute approximate surface area is 116 Å². The molecule has 1 N–H and O–H groups in total. The van der Waals surface area contributed by atoms with Crippen molar-refractivity contribution in [3.05, 3.63) is 29.3 Å². The van der Waals surface area contributed by atoms with Crippen LogP contribution in [0.1, 0.15) is 41.0 Å². The number of nitrogens with one attached hydrogen (secondary N) is 1. The van der Waals surface area contributed by atoms with Crippen LogP contribution in [0.4, 0.5) is 0 Å². The van der Waals surface area contributed by atoms with Gasteiger partial charge >= 0.3 is 0 Å². The van der Waals surface area contributed by atoms with E-state index in [-0.39, 0.29) is 10.7 Å². The average molecular weight is 312 g/mol. The molecule has 1 heterocycles. The highest BCUT2D eigenvalue weighted by Gasteiger charge is 2.20. The zero-order valence-electron chi connectivity index (χ0n) is 10.7. The molecule has 1 aromatic carbocycles. The smallest absolute Gasteiger partial charge is 0.255 e. The van der Waals surface area contributed by atoms with Crippen molar-refractivity contribution in [2.24, 2.45) is 5.92 Å². The van der Waals surface area contributed by atoms with Gasteiger partial charge in [0.05, 0.1) is 12.1 Å². The highest BCUT2D eigenvalue weighted by Crippen LogP contribution is 2.35. The number of alkyl halides is 1. The molecule has 18 heavy (non-hydrogen) atoms. The molecule has 0 bridgehead atoms. The van der Waals surface area contributed by atoms with Crippen molar-refractivity contribution >= 4 is 21.8 Å². The number of hydrogen-bond acceptors (Lipinski definition) is 2. The van der Waals surface area contributed by atoms with Crippen LogP contribution in [0.2, 0.25) is 0 Å². The molecular formula is C14H18BrNO2. The number of halogens is 1. The van der Waals surface area contributed by atoms with Gasteiger partial charge in [0, 0.05) is 4.83 Å². The lowest BCUT2D eigenvalue weighted by Crippen LogP contribution is -2.24. The molecule has 2 rings (SSSR count). The van der Waals surface area contributed by atoms with Gasteiger partial charge < -0.3 is 10.1 Å². The quantitative estimate of drug-likeness (QED) is 0.870. The topological polar surface area (TPSA) is 38.3 Å². The van der Waals surface area contributed by atoms with E-state index in [0.29, 0.717) is 30.4 Å². The summed E-state index contributed by atoms with van der Waals surface area (Å²) in [5.74, 6) is 1.16. The molecule has 3 nitrogen and oxygen atoms in total. The first kappa shape index (κ1) is 13.4. The van der Waals surface area contributed by atoms with Gasteiger partial charge in [0.15, 0.2) is 0 Å². The number of ether oxygens (including phenoxy) is 1. The average Bonchev–Trinajstić information content (AvgIpc) is 2.59. The summed E-state index contributed by atoms with van der Waals surface area (Å²) < 4.78 is 5.54. The normalized spacial score (nSPS) is 18.1. The lowest BCUT2D eigenvalue weighted by atomic mass is 9.97. The fourth-order valence-corrected chi connectivity index (χ4v) is 2.64. The molecule has 0 fully saturated rings. The molecule has 0 spiro atoms. The standard InChI is InChI=1S/C14H18BrNO2/c1-3-9(2)13(15)10-4-5-12-11(8-10)14(17)16-6-7-18-12/h4-5,8-9,13H,3,6-7H2,1-2H3,(H,16,17). The molecule has 1 aliphatic rings. The second-order valence-electron chi connectivity index (χ2n) is 4.65. The zero-order valence-corrected chi connectivity index (χ0v) is 12.3. The van der Waals surface area contributed by atoms with Crippen LogP contribution in [0.25, 0.3) is 0 Å². The Morgan fingerprint density at radius 2 is 2.28 bits per heavy atom. The zero-order chi connectivity index (χ0) is 13.1. The first-order valence-electron chi connectivity index (χ1n) is 6.32.